The number of H-pyrrole nitrogens is 1. The number of hydrogen-bond acceptors (Lipinski definition) is 6. The quantitative estimate of drug-likeness (QED) is 0.366. The molecule has 3 aromatic heterocycles. The van der Waals surface area contributed by atoms with E-state index in [0.29, 0.717) is 10.8 Å². The van der Waals surface area contributed by atoms with E-state index in [-0.39, 0.29) is 0 Å². The van der Waals surface area contributed by atoms with Crippen molar-refractivity contribution in [1.82, 2.24) is 19.9 Å². The molecule has 156 valence electrons. The van der Waals surface area contributed by atoms with Crippen molar-refractivity contribution in [2.75, 3.05) is 32.1 Å². The summed E-state index contributed by atoms with van der Waals surface area (Å²) in [6.07, 6.45) is 3.52. The van der Waals surface area contributed by atoms with Crippen LogP contribution in [-0.2, 0) is 12.3 Å². The van der Waals surface area contributed by atoms with Crippen LogP contribution in [0.5, 0.6) is 0 Å². The lowest BCUT2D eigenvalue weighted by molar-refractivity contribution is 0.301. The smallest absolute Gasteiger partial charge is 0.166 e. The second-order valence-electron chi connectivity index (χ2n) is 7.18. The maximum atomic E-state index is 6.70. The van der Waals surface area contributed by atoms with E-state index in [1.807, 2.05) is 48.7 Å². The zero-order valence-corrected chi connectivity index (χ0v) is 18.6. The molecule has 8 heteroatoms. The number of aromatic amines is 1. The SMILES string of the molecule is CN(CCN(C)c1ccnc(CSc2nc3ccccc3[nH]2)c1Cl)Cc1ccco1. The van der Waals surface area contributed by atoms with Crippen molar-refractivity contribution >= 4 is 40.1 Å². The molecule has 4 rings (SSSR count). The van der Waals surface area contributed by atoms with Crippen molar-refractivity contribution in [1.29, 1.82) is 0 Å². The first-order chi connectivity index (χ1) is 14.6. The highest BCUT2D eigenvalue weighted by Gasteiger charge is 2.13. The summed E-state index contributed by atoms with van der Waals surface area (Å²) in [5.74, 6) is 1.62. The number of benzene rings is 1. The van der Waals surface area contributed by atoms with E-state index in [9.17, 15) is 0 Å². The van der Waals surface area contributed by atoms with Gasteiger partial charge in [0.15, 0.2) is 5.16 Å². The number of nitrogens with zero attached hydrogens (tertiary/aromatic N) is 4. The van der Waals surface area contributed by atoms with Crippen LogP contribution in [0, 0.1) is 0 Å². The van der Waals surface area contributed by atoms with E-state index in [1.165, 1.54) is 0 Å². The maximum Gasteiger partial charge on any atom is 0.166 e. The van der Waals surface area contributed by atoms with Gasteiger partial charge in [0.1, 0.15) is 5.76 Å². The third-order valence-electron chi connectivity index (χ3n) is 4.89. The van der Waals surface area contributed by atoms with Crippen LogP contribution in [0.2, 0.25) is 5.02 Å². The van der Waals surface area contributed by atoms with E-state index < -0.39 is 0 Å². The average molecular weight is 442 g/mol. The molecule has 4 aromatic rings. The van der Waals surface area contributed by atoms with Crippen molar-refractivity contribution in [3.05, 3.63) is 71.4 Å². The molecule has 0 aliphatic heterocycles. The van der Waals surface area contributed by atoms with Gasteiger partial charge in [-0.25, -0.2) is 4.98 Å². The number of hydrogen-bond donors (Lipinski definition) is 1. The fraction of sp³-hybridized carbons (Fsp3) is 0.273. The number of para-hydroxylation sites is 2. The summed E-state index contributed by atoms with van der Waals surface area (Å²) in [5.41, 5.74) is 3.84. The Morgan fingerprint density at radius 1 is 1.10 bits per heavy atom. The molecule has 0 radical (unpaired) electrons. The molecule has 0 fully saturated rings. The topological polar surface area (TPSA) is 61.2 Å². The van der Waals surface area contributed by atoms with Gasteiger partial charge in [0.2, 0.25) is 0 Å². The Morgan fingerprint density at radius 2 is 1.97 bits per heavy atom. The van der Waals surface area contributed by atoms with Gasteiger partial charge in [-0.3, -0.25) is 9.88 Å². The molecule has 6 nitrogen and oxygen atoms in total. The minimum Gasteiger partial charge on any atom is -0.468 e. The first-order valence-electron chi connectivity index (χ1n) is 9.73. The highest BCUT2D eigenvalue weighted by Crippen LogP contribution is 2.31. The fourth-order valence-corrected chi connectivity index (χ4v) is 4.43. The molecule has 0 spiro atoms. The van der Waals surface area contributed by atoms with Gasteiger partial charge in [0.25, 0.3) is 0 Å². The van der Waals surface area contributed by atoms with E-state index >= 15 is 0 Å². The number of fused-ring (bicyclic) bond motifs is 1. The zero-order chi connectivity index (χ0) is 20.9. The molecule has 0 aliphatic carbocycles. The van der Waals surface area contributed by atoms with Crippen molar-refractivity contribution in [3.63, 3.8) is 0 Å². The Morgan fingerprint density at radius 3 is 2.77 bits per heavy atom. The van der Waals surface area contributed by atoms with Gasteiger partial charge in [0.05, 0.1) is 40.2 Å². The van der Waals surface area contributed by atoms with Crippen molar-refractivity contribution < 1.29 is 4.42 Å². The number of furan rings is 1. The molecule has 0 amide bonds. The first-order valence-corrected chi connectivity index (χ1v) is 11.1. The number of halogens is 1. The van der Waals surface area contributed by atoms with Crippen molar-refractivity contribution in [2.24, 2.45) is 0 Å². The van der Waals surface area contributed by atoms with Crippen LogP contribution in [-0.4, -0.2) is 47.0 Å². The normalized spacial score (nSPS) is 11.5. The molecular weight excluding hydrogens is 418 g/mol. The number of imidazole rings is 1. The van der Waals surface area contributed by atoms with Crippen LogP contribution in [0.1, 0.15) is 11.5 Å². The van der Waals surface area contributed by atoms with Crippen LogP contribution in [0.15, 0.2) is 64.5 Å². The summed E-state index contributed by atoms with van der Waals surface area (Å²) in [4.78, 5) is 16.8. The van der Waals surface area contributed by atoms with E-state index in [4.69, 9.17) is 16.0 Å². The Bertz CT molecular complexity index is 1070. The van der Waals surface area contributed by atoms with Crippen LogP contribution >= 0.6 is 23.4 Å². The van der Waals surface area contributed by atoms with Gasteiger partial charge in [0, 0.05) is 32.1 Å². The molecule has 1 N–H and O–H groups in total. The molecule has 1 aromatic carbocycles. The molecule has 0 saturated heterocycles. The Balaban J connectivity index is 1.36. The Kier molecular flexibility index (Phi) is 6.62. The summed E-state index contributed by atoms with van der Waals surface area (Å²) >= 11 is 8.31. The molecule has 3 heterocycles. The minimum absolute atomic E-state index is 0.652. The van der Waals surface area contributed by atoms with Gasteiger partial charge in [-0.05, 0) is 37.4 Å². The predicted octanol–water partition coefficient (Wildman–Crippen LogP) is 5.06. The zero-order valence-electron chi connectivity index (χ0n) is 17.0. The molecule has 0 atom stereocenters. The third-order valence-corrected chi connectivity index (χ3v) is 6.18. The van der Waals surface area contributed by atoms with Gasteiger partial charge in [-0.15, -0.1) is 0 Å². The standard InChI is InChI=1S/C22H24ClN5OS/c1-27(14-16-6-5-13-29-16)11-12-28(2)20-9-10-24-19(21(20)23)15-30-22-25-17-7-3-4-8-18(17)26-22/h3-10,13H,11-12,14-15H2,1-2H3,(H,25,26). The molecule has 0 aliphatic rings. The number of thioether (sulfide) groups is 1. The second kappa shape index (κ2) is 9.55. The van der Waals surface area contributed by atoms with Crippen molar-refractivity contribution in [2.45, 2.75) is 17.5 Å². The minimum atomic E-state index is 0.652. The number of likely N-dealkylation sites (N-methyl/N-ethyl adjacent to an activating group) is 2. The van der Waals surface area contributed by atoms with E-state index in [2.05, 4.69) is 38.8 Å². The van der Waals surface area contributed by atoms with Gasteiger partial charge in [-0.2, -0.15) is 0 Å². The monoisotopic (exact) mass is 441 g/mol. The van der Waals surface area contributed by atoms with Gasteiger partial charge >= 0.3 is 0 Å². The third kappa shape index (κ3) is 4.98. The number of rotatable bonds is 9. The Hall–Kier alpha value is -2.48. The summed E-state index contributed by atoms with van der Waals surface area (Å²) in [7, 11) is 4.14. The summed E-state index contributed by atoms with van der Waals surface area (Å²) in [5, 5.41) is 1.56. The largest absolute Gasteiger partial charge is 0.468 e. The molecule has 0 bridgehead atoms. The van der Waals surface area contributed by atoms with E-state index in [1.54, 1.807) is 18.0 Å². The first kappa shape index (κ1) is 20.8. The lowest BCUT2D eigenvalue weighted by Crippen LogP contribution is -2.30. The van der Waals surface area contributed by atoms with Gasteiger partial charge in [-0.1, -0.05) is 35.5 Å². The highest BCUT2D eigenvalue weighted by atomic mass is 35.5. The van der Waals surface area contributed by atoms with Crippen LogP contribution in [0.4, 0.5) is 5.69 Å². The van der Waals surface area contributed by atoms with Crippen LogP contribution in [0.25, 0.3) is 11.0 Å². The predicted molar refractivity (Wildman–Crippen MR) is 123 cm³/mol. The highest BCUT2D eigenvalue weighted by molar-refractivity contribution is 7.98. The molecule has 0 unspecified atom stereocenters. The van der Waals surface area contributed by atoms with Crippen LogP contribution in [0.3, 0.4) is 0 Å². The second-order valence-corrected chi connectivity index (χ2v) is 8.52. The summed E-state index contributed by atoms with van der Waals surface area (Å²) in [6.45, 7) is 2.51. The summed E-state index contributed by atoms with van der Waals surface area (Å²) in [6, 6.07) is 13.9. The molecule has 30 heavy (non-hydrogen) atoms. The lowest BCUT2D eigenvalue weighted by atomic mass is 10.3. The van der Waals surface area contributed by atoms with E-state index in [0.717, 1.165) is 53.0 Å². The van der Waals surface area contributed by atoms with Crippen LogP contribution < -0.4 is 4.90 Å². The number of pyridine rings is 1. The Labute approximate surface area is 185 Å². The van der Waals surface area contributed by atoms with Gasteiger partial charge < -0.3 is 14.3 Å². The molecular formula is C22H24ClN5OS. The number of aromatic nitrogens is 3. The maximum absolute atomic E-state index is 6.70. The lowest BCUT2D eigenvalue weighted by Gasteiger charge is -2.24. The average Bonchev–Trinajstić information content (AvgIpc) is 3.40. The number of anilines is 1. The van der Waals surface area contributed by atoms with Crippen molar-refractivity contribution in [3.8, 4) is 0 Å². The summed E-state index contributed by atoms with van der Waals surface area (Å²) < 4.78 is 5.42. The fourth-order valence-electron chi connectivity index (χ4n) is 3.19. The number of nitrogens with one attached hydrogen (secondary N) is 1. The molecule has 0 saturated carbocycles.